The number of aryl methyl sites for hydroxylation is 2. The molecule has 22 heavy (non-hydrogen) atoms. The van der Waals surface area contributed by atoms with Crippen LogP contribution >= 0.6 is 0 Å². The zero-order valence-electron chi connectivity index (χ0n) is 13.0. The second-order valence-corrected chi connectivity index (χ2v) is 8.69. The molecule has 1 saturated heterocycles. The van der Waals surface area contributed by atoms with Gasteiger partial charge < -0.3 is 0 Å². The molecule has 0 unspecified atom stereocenters. The van der Waals surface area contributed by atoms with Crippen LogP contribution in [-0.4, -0.2) is 25.8 Å². The Morgan fingerprint density at radius 3 is 2.09 bits per heavy atom. The zero-order chi connectivity index (χ0) is 15.2. The van der Waals surface area contributed by atoms with Gasteiger partial charge in [0.05, 0.1) is 4.90 Å². The molecule has 118 valence electrons. The van der Waals surface area contributed by atoms with Crippen LogP contribution in [0, 0.1) is 0 Å². The van der Waals surface area contributed by atoms with Gasteiger partial charge in [0.15, 0.2) is 0 Å². The van der Waals surface area contributed by atoms with E-state index in [4.69, 9.17) is 0 Å². The molecule has 4 rings (SSSR count). The van der Waals surface area contributed by atoms with E-state index in [2.05, 4.69) is 0 Å². The van der Waals surface area contributed by atoms with Gasteiger partial charge in [0, 0.05) is 13.1 Å². The van der Waals surface area contributed by atoms with Crippen LogP contribution in [0.4, 0.5) is 0 Å². The number of rotatable bonds is 2. The molecule has 0 aromatic heterocycles. The molecule has 1 saturated carbocycles. The Kier molecular flexibility index (Phi) is 3.61. The molecule has 1 aliphatic heterocycles. The fourth-order valence-corrected chi connectivity index (χ4v) is 5.28. The van der Waals surface area contributed by atoms with E-state index in [-0.39, 0.29) is 0 Å². The lowest BCUT2D eigenvalue weighted by atomic mass is 9.92. The average molecular weight is 317 g/mol. The van der Waals surface area contributed by atoms with Gasteiger partial charge >= 0.3 is 0 Å². The number of piperidine rings is 1. The maximum absolute atomic E-state index is 12.9. The highest BCUT2D eigenvalue weighted by molar-refractivity contribution is 7.89. The van der Waals surface area contributed by atoms with Gasteiger partial charge in [-0.05, 0) is 74.6 Å². The van der Waals surface area contributed by atoms with E-state index in [9.17, 15) is 8.42 Å². The van der Waals surface area contributed by atoms with E-state index in [1.807, 2.05) is 18.2 Å². The van der Waals surface area contributed by atoms with Crippen LogP contribution in [-0.2, 0) is 22.9 Å². The molecule has 1 heterocycles. The van der Waals surface area contributed by atoms with Crippen molar-refractivity contribution in [3.8, 4) is 0 Å². The Balaban J connectivity index is 1.57. The molecule has 1 aromatic carbocycles. The second kappa shape index (κ2) is 5.50. The van der Waals surface area contributed by atoms with E-state index in [0.29, 0.717) is 18.0 Å². The maximum atomic E-state index is 12.9. The standard InChI is InChI=1S/C18H23NO2S/c20-22(21,19-11-9-16(10-12-19)15-5-6-15)18-8-7-14-3-1-2-4-17(14)13-18/h7-8,13H,1-6,9-12H2. The first-order valence-corrected chi connectivity index (χ1v) is 9.90. The van der Waals surface area contributed by atoms with Crippen molar-refractivity contribution >= 4 is 10.0 Å². The summed E-state index contributed by atoms with van der Waals surface area (Å²) in [6, 6.07) is 5.77. The van der Waals surface area contributed by atoms with Gasteiger partial charge in [-0.3, -0.25) is 0 Å². The molecule has 0 amide bonds. The van der Waals surface area contributed by atoms with Crippen molar-refractivity contribution in [3.63, 3.8) is 0 Å². The predicted octanol–water partition coefficient (Wildman–Crippen LogP) is 3.44. The van der Waals surface area contributed by atoms with Crippen molar-refractivity contribution in [1.82, 2.24) is 4.31 Å². The minimum absolute atomic E-state index is 0.496. The number of benzene rings is 1. The summed E-state index contributed by atoms with van der Waals surface area (Å²) in [6.07, 6.45) is 8.86. The molecule has 0 atom stereocenters. The Hall–Kier alpha value is -1.13. The quantitative estimate of drug-likeness (QED) is 0.784. The number of hydrogen-bond donors (Lipinski definition) is 0. The van der Waals surface area contributed by atoms with Gasteiger partial charge in [0.1, 0.15) is 0 Å². The second-order valence-electron chi connectivity index (χ2n) is 6.75. The van der Waals surface area contributed by atoms with Crippen LogP contribution in [0.5, 0.6) is 0 Å². The minimum Gasteiger partial charge on any atom is -0.207 e. The van der Waals surface area contributed by atoms with E-state index in [1.165, 1.54) is 42.4 Å². The predicted molar refractivity (Wildman–Crippen MR) is 87.3 cm³/mol. The normalized spacial score (nSPS) is 22.5. The van der Waals surface area contributed by atoms with Crippen molar-refractivity contribution in [2.45, 2.75) is 56.3 Å². The molecule has 2 fully saturated rings. The van der Waals surface area contributed by atoms with Crippen molar-refractivity contribution in [2.24, 2.45) is 0 Å². The Morgan fingerprint density at radius 2 is 1.41 bits per heavy atom. The summed E-state index contributed by atoms with van der Waals surface area (Å²) in [6.45, 7) is 1.30. The molecule has 0 N–H and O–H groups in total. The third-order valence-electron chi connectivity index (χ3n) is 5.28. The Bertz CT molecular complexity index is 717. The maximum Gasteiger partial charge on any atom is 0.243 e. The molecular formula is C18H23NO2S. The average Bonchev–Trinajstić information content (AvgIpc) is 3.39. The lowest BCUT2D eigenvalue weighted by Gasteiger charge is -2.28. The van der Waals surface area contributed by atoms with Crippen LogP contribution in [0.25, 0.3) is 0 Å². The Morgan fingerprint density at radius 1 is 0.773 bits per heavy atom. The van der Waals surface area contributed by atoms with Crippen LogP contribution in [0.15, 0.2) is 34.2 Å². The number of allylic oxidation sites excluding steroid dienone is 1. The van der Waals surface area contributed by atoms with Crippen LogP contribution < -0.4 is 0 Å². The van der Waals surface area contributed by atoms with Crippen molar-refractivity contribution in [3.05, 3.63) is 40.5 Å². The molecule has 3 aliphatic rings. The van der Waals surface area contributed by atoms with E-state index in [1.54, 1.807) is 9.88 Å². The van der Waals surface area contributed by atoms with Crippen LogP contribution in [0.1, 0.15) is 49.7 Å². The van der Waals surface area contributed by atoms with Gasteiger partial charge in [-0.15, -0.1) is 0 Å². The third kappa shape index (κ3) is 2.63. The van der Waals surface area contributed by atoms with E-state index >= 15 is 0 Å². The van der Waals surface area contributed by atoms with Crippen molar-refractivity contribution in [2.75, 3.05) is 13.1 Å². The van der Waals surface area contributed by atoms with Gasteiger partial charge in [-0.25, -0.2) is 8.42 Å². The summed E-state index contributed by atoms with van der Waals surface area (Å²) in [5, 5.41) is 0. The molecule has 0 radical (unpaired) electrons. The number of sulfonamides is 1. The molecule has 0 spiro atoms. The fraction of sp³-hybridized carbons (Fsp3) is 0.556. The first-order chi connectivity index (χ1) is 10.6. The molecule has 4 heteroatoms. The fourth-order valence-electron chi connectivity index (χ4n) is 3.79. The third-order valence-corrected chi connectivity index (χ3v) is 7.18. The van der Waals surface area contributed by atoms with Crippen LogP contribution in [0.3, 0.4) is 0 Å². The minimum atomic E-state index is -3.31. The van der Waals surface area contributed by atoms with Gasteiger partial charge in [-0.2, -0.15) is 4.31 Å². The summed E-state index contributed by atoms with van der Waals surface area (Å²) in [7, 11) is -3.31. The van der Waals surface area contributed by atoms with Crippen molar-refractivity contribution in [1.29, 1.82) is 0 Å². The van der Waals surface area contributed by atoms with Crippen molar-refractivity contribution < 1.29 is 8.42 Å². The first-order valence-electron chi connectivity index (χ1n) is 8.46. The first kappa shape index (κ1) is 14.5. The van der Waals surface area contributed by atoms with Gasteiger partial charge in [-0.1, -0.05) is 17.2 Å². The van der Waals surface area contributed by atoms with E-state index < -0.39 is 10.0 Å². The molecule has 2 aliphatic carbocycles. The SMILES string of the molecule is O=S(=O)(c1ccc2c(c1)CCCC2)N1CCC(=C2CC2)CC1. The topological polar surface area (TPSA) is 37.4 Å². The summed E-state index contributed by atoms with van der Waals surface area (Å²) < 4.78 is 27.4. The van der Waals surface area contributed by atoms with Gasteiger partial charge in [0.25, 0.3) is 0 Å². The highest BCUT2D eigenvalue weighted by Crippen LogP contribution is 2.37. The molecule has 3 nitrogen and oxygen atoms in total. The van der Waals surface area contributed by atoms with Gasteiger partial charge in [0.2, 0.25) is 10.0 Å². The van der Waals surface area contributed by atoms with E-state index in [0.717, 1.165) is 25.7 Å². The molecule has 0 bridgehead atoms. The largest absolute Gasteiger partial charge is 0.243 e. The Labute approximate surface area is 133 Å². The highest BCUT2D eigenvalue weighted by atomic mass is 32.2. The van der Waals surface area contributed by atoms with Crippen LogP contribution in [0.2, 0.25) is 0 Å². The monoisotopic (exact) mass is 317 g/mol. The number of nitrogens with zero attached hydrogens (tertiary/aromatic N) is 1. The lowest BCUT2D eigenvalue weighted by molar-refractivity contribution is 0.386. The lowest BCUT2D eigenvalue weighted by Crippen LogP contribution is -2.36. The summed E-state index contributed by atoms with van der Waals surface area (Å²) in [5.41, 5.74) is 5.69. The summed E-state index contributed by atoms with van der Waals surface area (Å²) in [4.78, 5) is 0.496. The molecule has 1 aromatic rings. The zero-order valence-corrected chi connectivity index (χ0v) is 13.8. The number of fused-ring (bicyclic) bond motifs is 1. The molecular weight excluding hydrogens is 294 g/mol. The number of hydrogen-bond acceptors (Lipinski definition) is 2. The summed E-state index contributed by atoms with van der Waals surface area (Å²) >= 11 is 0. The smallest absolute Gasteiger partial charge is 0.207 e. The summed E-state index contributed by atoms with van der Waals surface area (Å²) in [5.74, 6) is 0. The highest BCUT2D eigenvalue weighted by Gasteiger charge is 2.30.